The first-order chi connectivity index (χ1) is 10.2. The lowest BCUT2D eigenvalue weighted by atomic mass is 9.90. The molecular weight excluding hydrogens is 270 g/mol. The molecule has 0 bridgehead atoms. The van der Waals surface area contributed by atoms with Crippen LogP contribution in [0.25, 0.3) is 0 Å². The second-order valence-corrected chi connectivity index (χ2v) is 5.56. The third-order valence-corrected chi connectivity index (χ3v) is 3.82. The topological polar surface area (TPSA) is 48.0 Å². The summed E-state index contributed by atoms with van der Waals surface area (Å²) < 4.78 is 16.1. The van der Waals surface area contributed by atoms with E-state index in [1.807, 2.05) is 30.3 Å². The number of methoxy groups -OCH3 is 1. The van der Waals surface area contributed by atoms with Crippen molar-refractivity contribution in [1.82, 2.24) is 4.90 Å². The highest BCUT2D eigenvalue weighted by molar-refractivity contribution is 5.69. The van der Waals surface area contributed by atoms with Gasteiger partial charge in [0.25, 0.3) is 0 Å². The Bertz CT molecular complexity index is 534. The van der Waals surface area contributed by atoms with Crippen molar-refractivity contribution >= 4 is 6.09 Å². The van der Waals surface area contributed by atoms with Gasteiger partial charge >= 0.3 is 6.09 Å². The van der Waals surface area contributed by atoms with Gasteiger partial charge in [-0.15, -0.1) is 0 Å². The second kappa shape index (κ2) is 5.77. The van der Waals surface area contributed by atoms with Crippen LogP contribution in [0, 0.1) is 0 Å². The Balaban J connectivity index is 1.46. The molecule has 0 unspecified atom stereocenters. The maximum atomic E-state index is 12.0. The van der Waals surface area contributed by atoms with E-state index in [2.05, 4.69) is 0 Å². The fraction of sp³-hybridized carbons (Fsp3) is 0.438. The lowest BCUT2D eigenvalue weighted by molar-refractivity contribution is -0.102. The fourth-order valence-electron chi connectivity index (χ4n) is 2.80. The zero-order chi connectivity index (χ0) is 14.7. The third-order valence-electron chi connectivity index (χ3n) is 3.82. The number of nitrogens with zero attached hydrogens (tertiary/aromatic N) is 1. The molecule has 1 spiro atoms. The molecule has 5 nitrogen and oxygen atoms in total. The van der Waals surface area contributed by atoms with Crippen molar-refractivity contribution in [3.8, 4) is 0 Å². The number of carbonyl (C=O) groups is 1. The summed E-state index contributed by atoms with van der Waals surface area (Å²) in [7, 11) is 1.63. The summed E-state index contributed by atoms with van der Waals surface area (Å²) >= 11 is 0. The van der Waals surface area contributed by atoms with Gasteiger partial charge in [-0.25, -0.2) is 4.79 Å². The van der Waals surface area contributed by atoms with Crippen LogP contribution in [-0.4, -0.2) is 43.4 Å². The summed E-state index contributed by atoms with van der Waals surface area (Å²) in [6, 6.07) is 9.67. The van der Waals surface area contributed by atoms with E-state index < -0.39 is 0 Å². The quantitative estimate of drug-likeness (QED) is 0.801. The molecule has 0 radical (unpaired) electrons. The van der Waals surface area contributed by atoms with Gasteiger partial charge in [0, 0.05) is 6.42 Å². The molecule has 2 aliphatic heterocycles. The summed E-state index contributed by atoms with van der Waals surface area (Å²) in [5.41, 5.74) is 1.90. The summed E-state index contributed by atoms with van der Waals surface area (Å²) in [6.45, 7) is 2.06. The first-order valence-corrected chi connectivity index (χ1v) is 7.01. The van der Waals surface area contributed by atoms with E-state index in [1.165, 1.54) is 0 Å². The minimum atomic E-state index is -0.280. The summed E-state index contributed by atoms with van der Waals surface area (Å²) in [5, 5.41) is 0. The molecule has 0 N–H and O–H groups in total. The highest BCUT2D eigenvalue weighted by Crippen LogP contribution is 2.37. The molecule has 0 atom stereocenters. The van der Waals surface area contributed by atoms with Gasteiger partial charge in [-0.1, -0.05) is 30.3 Å². The van der Waals surface area contributed by atoms with Crippen LogP contribution in [0.5, 0.6) is 0 Å². The van der Waals surface area contributed by atoms with E-state index in [1.54, 1.807) is 18.3 Å². The Morgan fingerprint density at radius 3 is 2.86 bits per heavy atom. The minimum Gasteiger partial charge on any atom is -0.504 e. The SMILES string of the molecule is CO/C=C1/COC2(C1)CN(C(=O)OCc1ccccc1)C2. The van der Waals surface area contributed by atoms with Gasteiger partial charge in [0.15, 0.2) is 0 Å². The molecule has 1 aromatic carbocycles. The van der Waals surface area contributed by atoms with Gasteiger partial charge in [-0.05, 0) is 11.1 Å². The first kappa shape index (κ1) is 13.9. The number of hydrogen-bond acceptors (Lipinski definition) is 4. The van der Waals surface area contributed by atoms with E-state index in [-0.39, 0.29) is 11.7 Å². The largest absolute Gasteiger partial charge is 0.504 e. The van der Waals surface area contributed by atoms with Crippen LogP contribution < -0.4 is 0 Å². The summed E-state index contributed by atoms with van der Waals surface area (Å²) in [4.78, 5) is 13.6. The maximum absolute atomic E-state index is 12.0. The lowest BCUT2D eigenvalue weighted by Gasteiger charge is -2.45. The maximum Gasteiger partial charge on any atom is 0.410 e. The van der Waals surface area contributed by atoms with Gasteiger partial charge < -0.3 is 19.1 Å². The second-order valence-electron chi connectivity index (χ2n) is 5.56. The van der Waals surface area contributed by atoms with Crippen molar-refractivity contribution in [2.75, 3.05) is 26.8 Å². The van der Waals surface area contributed by atoms with Crippen LogP contribution in [0.2, 0.25) is 0 Å². The van der Waals surface area contributed by atoms with Crippen LogP contribution in [0.1, 0.15) is 12.0 Å². The molecule has 0 aromatic heterocycles. The van der Waals surface area contributed by atoms with E-state index in [0.717, 1.165) is 17.6 Å². The van der Waals surface area contributed by atoms with Crippen LogP contribution >= 0.6 is 0 Å². The number of likely N-dealkylation sites (tertiary alicyclic amines) is 1. The molecule has 5 heteroatoms. The fourth-order valence-corrected chi connectivity index (χ4v) is 2.80. The Morgan fingerprint density at radius 1 is 1.38 bits per heavy atom. The van der Waals surface area contributed by atoms with E-state index in [4.69, 9.17) is 14.2 Å². The highest BCUT2D eigenvalue weighted by atomic mass is 16.6. The molecule has 21 heavy (non-hydrogen) atoms. The van der Waals surface area contributed by atoms with Crippen molar-refractivity contribution < 1.29 is 19.0 Å². The molecule has 0 saturated carbocycles. The Morgan fingerprint density at radius 2 is 2.14 bits per heavy atom. The molecule has 0 aliphatic carbocycles. The van der Waals surface area contributed by atoms with Gasteiger partial charge in [0.05, 0.1) is 33.1 Å². The van der Waals surface area contributed by atoms with Crippen molar-refractivity contribution in [3.05, 3.63) is 47.7 Å². The van der Waals surface area contributed by atoms with Crippen LogP contribution in [0.15, 0.2) is 42.2 Å². The Kier molecular flexibility index (Phi) is 3.84. The molecule has 3 rings (SSSR count). The first-order valence-electron chi connectivity index (χ1n) is 7.01. The Hall–Kier alpha value is -2.01. The van der Waals surface area contributed by atoms with Crippen LogP contribution in [0.3, 0.4) is 0 Å². The lowest BCUT2D eigenvalue weighted by Crippen LogP contribution is -2.63. The molecular formula is C16H19NO4. The van der Waals surface area contributed by atoms with Crippen molar-refractivity contribution in [3.63, 3.8) is 0 Å². The zero-order valence-corrected chi connectivity index (χ0v) is 12.1. The molecule has 2 aliphatic rings. The number of amides is 1. The summed E-state index contributed by atoms with van der Waals surface area (Å²) in [6.07, 6.45) is 2.27. The standard InChI is InChI=1S/C16H19NO4/c1-19-8-14-7-16(21-10-14)11-17(12-16)15(18)20-9-13-5-3-2-4-6-13/h2-6,8H,7,9-12H2,1H3/b14-8+. The average Bonchev–Trinajstić information content (AvgIpc) is 2.89. The molecule has 2 saturated heterocycles. The van der Waals surface area contributed by atoms with Crippen molar-refractivity contribution in [2.24, 2.45) is 0 Å². The molecule has 1 aromatic rings. The van der Waals surface area contributed by atoms with E-state index >= 15 is 0 Å². The van der Waals surface area contributed by atoms with Gasteiger partial charge in [-0.3, -0.25) is 0 Å². The van der Waals surface area contributed by atoms with E-state index in [9.17, 15) is 4.79 Å². The third kappa shape index (κ3) is 3.03. The average molecular weight is 289 g/mol. The zero-order valence-electron chi connectivity index (χ0n) is 12.1. The Labute approximate surface area is 124 Å². The van der Waals surface area contributed by atoms with Gasteiger partial charge in [0.1, 0.15) is 12.2 Å². The number of benzene rings is 1. The van der Waals surface area contributed by atoms with Crippen molar-refractivity contribution in [2.45, 2.75) is 18.6 Å². The highest BCUT2D eigenvalue weighted by Gasteiger charge is 2.50. The van der Waals surface area contributed by atoms with Crippen LogP contribution in [0.4, 0.5) is 4.79 Å². The van der Waals surface area contributed by atoms with Gasteiger partial charge in [-0.2, -0.15) is 0 Å². The monoisotopic (exact) mass is 289 g/mol. The smallest absolute Gasteiger partial charge is 0.410 e. The number of hydrogen-bond donors (Lipinski definition) is 0. The summed E-state index contributed by atoms with van der Waals surface area (Å²) in [5.74, 6) is 0. The number of rotatable bonds is 3. The van der Waals surface area contributed by atoms with E-state index in [0.29, 0.717) is 26.3 Å². The molecule has 2 heterocycles. The number of ether oxygens (including phenoxy) is 3. The number of carbonyl (C=O) groups excluding carboxylic acids is 1. The predicted octanol–water partition coefficient (Wildman–Crippen LogP) is 2.33. The van der Waals surface area contributed by atoms with Crippen LogP contribution in [-0.2, 0) is 20.8 Å². The predicted molar refractivity (Wildman–Crippen MR) is 76.6 cm³/mol. The molecule has 2 fully saturated rings. The normalized spacial score (nSPS) is 21.4. The van der Waals surface area contributed by atoms with Gasteiger partial charge in [0.2, 0.25) is 0 Å². The minimum absolute atomic E-state index is 0.226. The molecule has 112 valence electrons. The molecule has 1 amide bonds. The van der Waals surface area contributed by atoms with Crippen molar-refractivity contribution in [1.29, 1.82) is 0 Å².